The van der Waals surface area contributed by atoms with Crippen LogP contribution in [0.2, 0.25) is 0 Å². The normalized spacial score (nSPS) is 18.1. The zero-order valence-corrected chi connectivity index (χ0v) is 16.5. The van der Waals surface area contributed by atoms with E-state index in [1.807, 2.05) is 6.92 Å². The summed E-state index contributed by atoms with van der Waals surface area (Å²) in [5.74, 6) is 2.89. The lowest BCUT2D eigenvalue weighted by Crippen LogP contribution is -2.53. The van der Waals surface area contributed by atoms with E-state index in [4.69, 9.17) is 9.73 Å². The number of carbonyl (C=O) groups excluding carboxylic acids is 1. The molecule has 0 spiro atoms. The largest absolute Gasteiger partial charge is 0.450 e. The Morgan fingerprint density at radius 1 is 1.07 bits per heavy atom. The van der Waals surface area contributed by atoms with Gasteiger partial charge in [0.05, 0.1) is 6.61 Å². The van der Waals surface area contributed by atoms with Crippen molar-refractivity contribution in [3.63, 3.8) is 0 Å². The SMILES string of the molecule is CCNC(=NCc1nnc2n1CCCCC2)N1CCN(C(=O)OCC)CC1. The number of aryl methyl sites for hydroxylation is 1. The van der Waals surface area contributed by atoms with Gasteiger partial charge < -0.3 is 24.4 Å². The van der Waals surface area contributed by atoms with Crippen LogP contribution in [0.5, 0.6) is 0 Å². The highest BCUT2D eigenvalue weighted by Gasteiger charge is 2.24. The number of ether oxygens (including phenoxy) is 1. The fraction of sp³-hybridized carbons (Fsp3) is 0.778. The number of nitrogens with zero attached hydrogens (tertiary/aromatic N) is 6. The molecule has 1 amide bonds. The van der Waals surface area contributed by atoms with Crippen molar-refractivity contribution in [1.82, 2.24) is 29.9 Å². The lowest BCUT2D eigenvalue weighted by molar-refractivity contribution is 0.0914. The minimum absolute atomic E-state index is 0.231. The van der Waals surface area contributed by atoms with Crippen LogP contribution in [0, 0.1) is 0 Å². The zero-order valence-electron chi connectivity index (χ0n) is 16.5. The molecule has 0 unspecified atom stereocenters. The maximum atomic E-state index is 11.9. The number of carbonyl (C=O) groups is 1. The van der Waals surface area contributed by atoms with Crippen LogP contribution in [-0.4, -0.2) is 75.9 Å². The molecule has 0 saturated carbocycles. The Morgan fingerprint density at radius 3 is 2.59 bits per heavy atom. The van der Waals surface area contributed by atoms with E-state index in [1.54, 1.807) is 4.90 Å². The van der Waals surface area contributed by atoms with Gasteiger partial charge in [0.25, 0.3) is 0 Å². The van der Waals surface area contributed by atoms with Gasteiger partial charge in [-0.05, 0) is 26.7 Å². The maximum absolute atomic E-state index is 11.9. The molecular formula is C18H31N7O2. The minimum atomic E-state index is -0.231. The van der Waals surface area contributed by atoms with E-state index in [0.717, 1.165) is 50.2 Å². The number of guanidine groups is 1. The molecule has 1 aromatic rings. The molecule has 9 heteroatoms. The van der Waals surface area contributed by atoms with E-state index in [1.165, 1.54) is 19.3 Å². The first-order valence-electron chi connectivity index (χ1n) is 10.1. The molecule has 3 heterocycles. The Morgan fingerprint density at radius 2 is 1.85 bits per heavy atom. The third-order valence-corrected chi connectivity index (χ3v) is 5.00. The van der Waals surface area contributed by atoms with E-state index in [-0.39, 0.29) is 6.09 Å². The van der Waals surface area contributed by atoms with Gasteiger partial charge >= 0.3 is 6.09 Å². The summed E-state index contributed by atoms with van der Waals surface area (Å²) in [6, 6.07) is 0. The number of amides is 1. The summed E-state index contributed by atoms with van der Waals surface area (Å²) in [5, 5.41) is 12.1. The second-order valence-corrected chi connectivity index (χ2v) is 6.84. The molecule has 150 valence electrons. The molecule has 0 radical (unpaired) electrons. The van der Waals surface area contributed by atoms with Crippen molar-refractivity contribution < 1.29 is 9.53 Å². The number of hydrogen-bond acceptors (Lipinski definition) is 5. The molecule has 0 aromatic carbocycles. The van der Waals surface area contributed by atoms with Crippen LogP contribution in [0.1, 0.15) is 44.8 Å². The fourth-order valence-corrected chi connectivity index (χ4v) is 3.55. The number of aliphatic imine (C=N–C) groups is 1. The van der Waals surface area contributed by atoms with Gasteiger partial charge in [-0.25, -0.2) is 9.79 Å². The smallest absolute Gasteiger partial charge is 0.409 e. The minimum Gasteiger partial charge on any atom is -0.450 e. The molecule has 1 fully saturated rings. The van der Waals surface area contributed by atoms with Crippen LogP contribution in [0.3, 0.4) is 0 Å². The molecule has 1 saturated heterocycles. The third-order valence-electron chi connectivity index (χ3n) is 5.00. The maximum Gasteiger partial charge on any atom is 0.409 e. The summed E-state index contributed by atoms with van der Waals surface area (Å²) in [4.78, 5) is 20.6. The Balaban J connectivity index is 1.62. The van der Waals surface area contributed by atoms with E-state index < -0.39 is 0 Å². The molecule has 2 aliphatic heterocycles. The second kappa shape index (κ2) is 9.57. The Labute approximate surface area is 160 Å². The molecule has 27 heavy (non-hydrogen) atoms. The lowest BCUT2D eigenvalue weighted by atomic mass is 10.2. The number of aromatic nitrogens is 3. The van der Waals surface area contributed by atoms with Crippen LogP contribution in [0.4, 0.5) is 4.79 Å². The molecule has 2 aliphatic rings. The Hall–Kier alpha value is -2.32. The highest BCUT2D eigenvalue weighted by Crippen LogP contribution is 2.15. The average Bonchev–Trinajstić information content (AvgIpc) is 2.91. The zero-order chi connectivity index (χ0) is 19.1. The predicted octanol–water partition coefficient (Wildman–Crippen LogP) is 1.24. The number of fused-ring (bicyclic) bond motifs is 1. The number of hydrogen-bond donors (Lipinski definition) is 1. The summed E-state index contributed by atoms with van der Waals surface area (Å²) in [6.45, 7) is 9.37. The lowest BCUT2D eigenvalue weighted by Gasteiger charge is -2.35. The van der Waals surface area contributed by atoms with E-state index >= 15 is 0 Å². The van der Waals surface area contributed by atoms with Crippen LogP contribution in [0.15, 0.2) is 4.99 Å². The fourth-order valence-electron chi connectivity index (χ4n) is 3.55. The number of rotatable bonds is 4. The van der Waals surface area contributed by atoms with Crippen molar-refractivity contribution >= 4 is 12.1 Å². The van der Waals surface area contributed by atoms with E-state index in [2.05, 4.69) is 31.9 Å². The first-order valence-corrected chi connectivity index (χ1v) is 10.1. The van der Waals surface area contributed by atoms with Crippen molar-refractivity contribution in [2.45, 2.75) is 52.6 Å². The molecule has 1 aromatic heterocycles. The van der Waals surface area contributed by atoms with Gasteiger partial charge in [-0.3, -0.25) is 0 Å². The van der Waals surface area contributed by atoms with Gasteiger partial charge in [-0.15, -0.1) is 10.2 Å². The van der Waals surface area contributed by atoms with Gasteiger partial charge in [-0.2, -0.15) is 0 Å². The third kappa shape index (κ3) is 4.90. The predicted molar refractivity (Wildman–Crippen MR) is 103 cm³/mol. The number of piperazine rings is 1. The Bertz CT molecular complexity index is 650. The summed E-state index contributed by atoms with van der Waals surface area (Å²) in [6.07, 6.45) is 4.39. The quantitative estimate of drug-likeness (QED) is 0.627. The summed E-state index contributed by atoms with van der Waals surface area (Å²) in [5.41, 5.74) is 0. The highest BCUT2D eigenvalue weighted by atomic mass is 16.6. The Kier molecular flexibility index (Phi) is 6.89. The molecule has 0 bridgehead atoms. The van der Waals surface area contributed by atoms with Crippen LogP contribution in [0.25, 0.3) is 0 Å². The van der Waals surface area contributed by atoms with Crippen molar-refractivity contribution in [3.8, 4) is 0 Å². The van der Waals surface area contributed by atoms with Crippen molar-refractivity contribution in [2.75, 3.05) is 39.3 Å². The topological polar surface area (TPSA) is 87.9 Å². The van der Waals surface area contributed by atoms with Gasteiger partial charge in [0.1, 0.15) is 12.4 Å². The van der Waals surface area contributed by atoms with Crippen LogP contribution >= 0.6 is 0 Å². The van der Waals surface area contributed by atoms with Gasteiger partial charge in [-0.1, -0.05) is 6.42 Å². The monoisotopic (exact) mass is 377 g/mol. The first kappa shape index (κ1) is 19.4. The van der Waals surface area contributed by atoms with Crippen molar-refractivity contribution in [2.24, 2.45) is 4.99 Å². The molecule has 1 N–H and O–H groups in total. The second-order valence-electron chi connectivity index (χ2n) is 6.84. The van der Waals surface area contributed by atoms with Crippen LogP contribution < -0.4 is 5.32 Å². The van der Waals surface area contributed by atoms with Gasteiger partial charge in [0.2, 0.25) is 0 Å². The molecule has 0 atom stereocenters. The average molecular weight is 377 g/mol. The first-order chi connectivity index (χ1) is 13.2. The van der Waals surface area contributed by atoms with Crippen molar-refractivity contribution in [1.29, 1.82) is 0 Å². The summed E-state index contributed by atoms with van der Waals surface area (Å²) < 4.78 is 7.32. The molecule has 9 nitrogen and oxygen atoms in total. The van der Waals surface area contributed by atoms with Crippen molar-refractivity contribution in [3.05, 3.63) is 11.6 Å². The molecule has 0 aliphatic carbocycles. The number of nitrogens with one attached hydrogen (secondary N) is 1. The molecular weight excluding hydrogens is 346 g/mol. The molecule has 3 rings (SSSR count). The van der Waals surface area contributed by atoms with Crippen LogP contribution in [-0.2, 0) is 24.2 Å². The van der Waals surface area contributed by atoms with Gasteiger partial charge in [0.15, 0.2) is 11.8 Å². The highest BCUT2D eigenvalue weighted by molar-refractivity contribution is 5.80. The standard InChI is InChI=1S/C18H31N7O2/c1-3-19-17(23-10-12-24(13-11-23)18(26)27-4-2)20-14-16-22-21-15-8-6-5-7-9-25(15)16/h3-14H2,1-2H3,(H,19,20). The van der Waals surface area contributed by atoms with E-state index in [9.17, 15) is 4.79 Å². The van der Waals surface area contributed by atoms with Gasteiger partial charge in [0, 0.05) is 45.7 Å². The van der Waals surface area contributed by atoms with E-state index in [0.29, 0.717) is 26.2 Å². The summed E-state index contributed by atoms with van der Waals surface area (Å²) >= 11 is 0. The summed E-state index contributed by atoms with van der Waals surface area (Å²) in [7, 11) is 0.